The zero-order valence-electron chi connectivity index (χ0n) is 12.0. The number of aromatic nitrogens is 3. The molecule has 0 bridgehead atoms. The Morgan fingerprint density at radius 3 is 2.60 bits per heavy atom. The molecule has 0 saturated carbocycles. The molecule has 0 fully saturated rings. The number of hydrogen-bond acceptors (Lipinski definition) is 5. The largest absolute Gasteiger partial charge is 0.395 e. The minimum absolute atomic E-state index is 0.167. The van der Waals surface area contributed by atoms with E-state index in [4.69, 9.17) is 5.11 Å². The number of anilines is 2. The molecule has 2 N–H and O–H groups in total. The maximum absolute atomic E-state index is 9.03. The second kappa shape index (κ2) is 6.91. The summed E-state index contributed by atoms with van der Waals surface area (Å²) in [6, 6.07) is 8.17. The van der Waals surface area contributed by atoms with Gasteiger partial charge < -0.3 is 15.3 Å². The van der Waals surface area contributed by atoms with Crippen molar-refractivity contribution >= 4 is 11.4 Å². The van der Waals surface area contributed by atoms with E-state index in [2.05, 4.69) is 39.6 Å². The molecule has 2 rings (SSSR count). The number of aliphatic hydroxyl groups excluding tert-OH is 1. The number of nitrogens with zero attached hydrogens (tertiary/aromatic N) is 4. The van der Waals surface area contributed by atoms with Gasteiger partial charge in [0.15, 0.2) is 0 Å². The van der Waals surface area contributed by atoms with Crippen LogP contribution in [-0.4, -0.2) is 39.8 Å². The minimum Gasteiger partial charge on any atom is -0.395 e. The highest BCUT2D eigenvalue weighted by molar-refractivity contribution is 5.55. The Balaban J connectivity index is 1.94. The average Bonchev–Trinajstić information content (AvgIpc) is 2.89. The molecular formula is C14H21N5O. The molecule has 6 heteroatoms. The summed E-state index contributed by atoms with van der Waals surface area (Å²) in [5, 5.41) is 20.3. The molecule has 1 heterocycles. The minimum atomic E-state index is 0.167. The number of nitrogens with one attached hydrogen (secondary N) is 1. The number of aliphatic hydroxyl groups is 1. The van der Waals surface area contributed by atoms with Crippen molar-refractivity contribution in [1.29, 1.82) is 0 Å². The molecular weight excluding hydrogens is 254 g/mol. The van der Waals surface area contributed by atoms with Gasteiger partial charge in [-0.25, -0.2) is 0 Å². The maximum atomic E-state index is 9.03. The van der Waals surface area contributed by atoms with Crippen LogP contribution in [-0.2, 0) is 13.6 Å². The van der Waals surface area contributed by atoms with Crippen LogP contribution in [0, 0.1) is 0 Å². The molecule has 0 aliphatic carbocycles. The van der Waals surface area contributed by atoms with Gasteiger partial charge in [0.25, 0.3) is 0 Å². The lowest BCUT2D eigenvalue weighted by Gasteiger charge is -2.22. The Hall–Kier alpha value is -2.08. The Morgan fingerprint density at radius 1 is 1.30 bits per heavy atom. The van der Waals surface area contributed by atoms with Crippen molar-refractivity contribution in [3.8, 4) is 0 Å². The number of rotatable bonds is 7. The average molecular weight is 275 g/mol. The summed E-state index contributed by atoms with van der Waals surface area (Å²) in [5.41, 5.74) is 3.07. The Kier molecular flexibility index (Phi) is 4.95. The van der Waals surface area contributed by atoms with Crippen molar-refractivity contribution in [3.05, 3.63) is 36.2 Å². The highest BCUT2D eigenvalue weighted by Gasteiger charge is 2.03. The highest BCUT2D eigenvalue weighted by atomic mass is 16.3. The van der Waals surface area contributed by atoms with Gasteiger partial charge in [0.05, 0.1) is 13.2 Å². The van der Waals surface area contributed by atoms with Gasteiger partial charge in [-0.3, -0.25) is 4.68 Å². The van der Waals surface area contributed by atoms with Crippen LogP contribution in [0.1, 0.15) is 12.6 Å². The molecule has 0 radical (unpaired) electrons. The van der Waals surface area contributed by atoms with Gasteiger partial charge in [-0.2, -0.15) is 0 Å². The van der Waals surface area contributed by atoms with Crippen molar-refractivity contribution < 1.29 is 5.11 Å². The van der Waals surface area contributed by atoms with Crippen LogP contribution in [0.15, 0.2) is 30.5 Å². The van der Waals surface area contributed by atoms with Crippen molar-refractivity contribution in [2.24, 2.45) is 7.05 Å². The molecule has 6 nitrogen and oxygen atoms in total. The summed E-state index contributed by atoms with van der Waals surface area (Å²) in [4.78, 5) is 2.13. The van der Waals surface area contributed by atoms with Crippen molar-refractivity contribution in [2.75, 3.05) is 29.9 Å². The highest BCUT2D eigenvalue weighted by Crippen LogP contribution is 2.18. The van der Waals surface area contributed by atoms with E-state index in [1.54, 1.807) is 4.68 Å². The van der Waals surface area contributed by atoms with E-state index >= 15 is 0 Å². The van der Waals surface area contributed by atoms with E-state index in [0.717, 1.165) is 23.6 Å². The zero-order valence-corrected chi connectivity index (χ0v) is 12.0. The van der Waals surface area contributed by atoms with Crippen molar-refractivity contribution in [3.63, 3.8) is 0 Å². The van der Waals surface area contributed by atoms with Crippen LogP contribution in [0.2, 0.25) is 0 Å². The normalized spacial score (nSPS) is 10.6. The second-order valence-electron chi connectivity index (χ2n) is 4.59. The third-order valence-electron chi connectivity index (χ3n) is 3.11. The molecule has 108 valence electrons. The van der Waals surface area contributed by atoms with Gasteiger partial charge in [0.1, 0.15) is 5.69 Å². The van der Waals surface area contributed by atoms with E-state index in [0.29, 0.717) is 13.1 Å². The van der Waals surface area contributed by atoms with Crippen LogP contribution >= 0.6 is 0 Å². The van der Waals surface area contributed by atoms with Crippen molar-refractivity contribution in [1.82, 2.24) is 15.0 Å². The molecule has 0 saturated heterocycles. The summed E-state index contributed by atoms with van der Waals surface area (Å²) in [5.74, 6) is 0. The SMILES string of the molecule is CCN(CCO)c1ccc(NCc2cn(C)nn2)cc1. The lowest BCUT2D eigenvalue weighted by atomic mass is 10.2. The summed E-state index contributed by atoms with van der Waals surface area (Å²) in [6.45, 7) is 4.44. The number of benzene rings is 1. The molecule has 0 aliphatic heterocycles. The molecule has 0 atom stereocenters. The van der Waals surface area contributed by atoms with Crippen LogP contribution in [0.5, 0.6) is 0 Å². The number of likely N-dealkylation sites (N-methyl/N-ethyl adjacent to an activating group) is 1. The number of aryl methyl sites for hydroxylation is 1. The first-order valence-electron chi connectivity index (χ1n) is 6.78. The zero-order chi connectivity index (χ0) is 14.4. The monoisotopic (exact) mass is 275 g/mol. The van der Waals surface area contributed by atoms with E-state index in [9.17, 15) is 0 Å². The standard InChI is InChI=1S/C14H21N5O/c1-3-19(8-9-20)14-6-4-12(5-7-14)15-10-13-11-18(2)17-16-13/h4-7,11,15,20H,3,8-10H2,1-2H3. The van der Waals surface area contributed by atoms with Gasteiger partial charge in [-0.15, -0.1) is 5.10 Å². The Labute approximate surface area is 119 Å². The lowest BCUT2D eigenvalue weighted by molar-refractivity contribution is 0.302. The fourth-order valence-corrected chi connectivity index (χ4v) is 2.05. The smallest absolute Gasteiger partial charge is 0.102 e. The van der Waals surface area contributed by atoms with Crippen LogP contribution < -0.4 is 10.2 Å². The third-order valence-corrected chi connectivity index (χ3v) is 3.11. The van der Waals surface area contributed by atoms with Crippen molar-refractivity contribution in [2.45, 2.75) is 13.5 Å². The molecule has 20 heavy (non-hydrogen) atoms. The topological polar surface area (TPSA) is 66.2 Å². The van der Waals surface area contributed by atoms with Crippen LogP contribution in [0.4, 0.5) is 11.4 Å². The van der Waals surface area contributed by atoms with E-state index in [-0.39, 0.29) is 6.61 Å². The van der Waals surface area contributed by atoms with E-state index in [1.807, 2.05) is 25.4 Å². The first-order valence-corrected chi connectivity index (χ1v) is 6.78. The summed E-state index contributed by atoms with van der Waals surface area (Å²) in [7, 11) is 1.85. The quantitative estimate of drug-likeness (QED) is 0.796. The van der Waals surface area contributed by atoms with E-state index in [1.165, 1.54) is 0 Å². The molecule has 1 aromatic carbocycles. The number of hydrogen-bond donors (Lipinski definition) is 2. The first-order chi connectivity index (χ1) is 9.72. The maximum Gasteiger partial charge on any atom is 0.102 e. The Morgan fingerprint density at radius 2 is 2.05 bits per heavy atom. The molecule has 2 aromatic rings. The van der Waals surface area contributed by atoms with Gasteiger partial charge in [-0.05, 0) is 31.2 Å². The predicted octanol–water partition coefficient (Wildman–Crippen LogP) is 1.25. The predicted molar refractivity (Wildman–Crippen MR) is 79.7 cm³/mol. The fraction of sp³-hybridized carbons (Fsp3) is 0.429. The molecule has 1 aromatic heterocycles. The third kappa shape index (κ3) is 3.71. The molecule has 0 amide bonds. The lowest BCUT2D eigenvalue weighted by Crippen LogP contribution is -2.25. The second-order valence-corrected chi connectivity index (χ2v) is 4.59. The molecule has 0 unspecified atom stereocenters. The fourth-order valence-electron chi connectivity index (χ4n) is 2.05. The first kappa shape index (κ1) is 14.3. The van der Waals surface area contributed by atoms with Gasteiger partial charge >= 0.3 is 0 Å². The summed E-state index contributed by atoms with van der Waals surface area (Å²) >= 11 is 0. The van der Waals surface area contributed by atoms with Gasteiger partial charge in [0.2, 0.25) is 0 Å². The van der Waals surface area contributed by atoms with E-state index < -0.39 is 0 Å². The molecule has 0 spiro atoms. The Bertz CT molecular complexity index is 523. The van der Waals surface area contributed by atoms with Gasteiger partial charge in [0, 0.05) is 37.7 Å². The van der Waals surface area contributed by atoms with Crippen LogP contribution in [0.25, 0.3) is 0 Å². The van der Waals surface area contributed by atoms with Crippen LogP contribution in [0.3, 0.4) is 0 Å². The molecule has 0 aliphatic rings. The van der Waals surface area contributed by atoms with Gasteiger partial charge in [-0.1, -0.05) is 5.21 Å². The summed E-state index contributed by atoms with van der Waals surface area (Å²) in [6.07, 6.45) is 1.89. The summed E-state index contributed by atoms with van der Waals surface area (Å²) < 4.78 is 1.69.